The van der Waals surface area contributed by atoms with Crippen molar-refractivity contribution in [3.8, 4) is 0 Å². The molecule has 0 amide bonds. The molecule has 0 saturated carbocycles. The van der Waals surface area contributed by atoms with Crippen molar-refractivity contribution in [2.45, 2.75) is 64.9 Å². The van der Waals surface area contributed by atoms with Gasteiger partial charge in [0.25, 0.3) is 0 Å². The SMILES string of the molecule is COC(=O)[C@@H](C)CO[C@@H]1O[C@H](COC(C)=O)[C@@H](OC(C)=O)[C@H](OC(C)=O)[C@H]1NCc1ccccc1. The third-order valence-electron chi connectivity index (χ3n) is 5.20. The molecular formula is C24H33NO10. The molecule has 1 fully saturated rings. The Morgan fingerprint density at radius 2 is 1.60 bits per heavy atom. The second kappa shape index (κ2) is 13.8. The van der Waals surface area contributed by atoms with E-state index in [1.54, 1.807) is 6.92 Å². The maximum Gasteiger partial charge on any atom is 0.310 e. The number of esters is 4. The Balaban J connectivity index is 2.37. The van der Waals surface area contributed by atoms with Crippen LogP contribution in [0.2, 0.25) is 0 Å². The molecule has 1 aromatic carbocycles. The maximum atomic E-state index is 12.0. The van der Waals surface area contributed by atoms with Crippen molar-refractivity contribution in [3.63, 3.8) is 0 Å². The first-order valence-electron chi connectivity index (χ1n) is 11.2. The average Bonchev–Trinajstić information content (AvgIpc) is 2.81. The Morgan fingerprint density at radius 3 is 2.17 bits per heavy atom. The van der Waals surface area contributed by atoms with Gasteiger partial charge >= 0.3 is 23.9 Å². The molecule has 0 radical (unpaired) electrons. The largest absolute Gasteiger partial charge is 0.469 e. The highest BCUT2D eigenvalue weighted by Crippen LogP contribution is 2.28. The lowest BCUT2D eigenvalue weighted by Gasteiger charge is -2.45. The zero-order valence-electron chi connectivity index (χ0n) is 20.6. The lowest BCUT2D eigenvalue weighted by atomic mass is 9.95. The van der Waals surface area contributed by atoms with Gasteiger partial charge in [0, 0.05) is 27.3 Å². The molecule has 0 unspecified atom stereocenters. The molecule has 11 heteroatoms. The normalized spacial score (nSPS) is 24.7. The molecular weight excluding hydrogens is 462 g/mol. The number of benzene rings is 1. The first kappa shape index (κ1) is 28.2. The minimum atomic E-state index is -1.10. The Kier molecular flexibility index (Phi) is 11.1. The number of hydrogen-bond donors (Lipinski definition) is 1. The third kappa shape index (κ3) is 8.93. The predicted octanol–water partition coefficient (Wildman–Crippen LogP) is 1.12. The van der Waals surface area contributed by atoms with Crippen LogP contribution in [0.15, 0.2) is 30.3 Å². The van der Waals surface area contributed by atoms with Crippen molar-refractivity contribution in [1.29, 1.82) is 0 Å². The van der Waals surface area contributed by atoms with E-state index in [-0.39, 0.29) is 13.2 Å². The van der Waals surface area contributed by atoms with Gasteiger partial charge in [-0.15, -0.1) is 0 Å². The van der Waals surface area contributed by atoms with Gasteiger partial charge in [-0.3, -0.25) is 19.2 Å². The Labute approximate surface area is 204 Å². The van der Waals surface area contributed by atoms with Gasteiger partial charge in [-0.25, -0.2) is 0 Å². The molecule has 0 bridgehead atoms. The summed E-state index contributed by atoms with van der Waals surface area (Å²) < 4.78 is 32.8. The monoisotopic (exact) mass is 495 g/mol. The van der Waals surface area contributed by atoms with Crippen LogP contribution in [-0.4, -0.2) is 74.8 Å². The van der Waals surface area contributed by atoms with Gasteiger partial charge in [0.2, 0.25) is 0 Å². The summed E-state index contributed by atoms with van der Waals surface area (Å²) in [6.45, 7) is 5.30. The lowest BCUT2D eigenvalue weighted by Crippen LogP contribution is -2.66. The predicted molar refractivity (Wildman–Crippen MR) is 121 cm³/mol. The summed E-state index contributed by atoms with van der Waals surface area (Å²) in [5, 5.41) is 3.26. The fraction of sp³-hybridized carbons (Fsp3) is 0.583. The van der Waals surface area contributed by atoms with Crippen LogP contribution in [0.3, 0.4) is 0 Å². The fourth-order valence-electron chi connectivity index (χ4n) is 3.60. The van der Waals surface area contributed by atoms with Gasteiger partial charge in [-0.05, 0) is 12.5 Å². The zero-order chi connectivity index (χ0) is 26.0. The van der Waals surface area contributed by atoms with Gasteiger partial charge in [0.05, 0.1) is 25.7 Å². The van der Waals surface area contributed by atoms with Crippen LogP contribution in [0.1, 0.15) is 33.3 Å². The Morgan fingerprint density at radius 1 is 0.971 bits per heavy atom. The summed E-state index contributed by atoms with van der Waals surface area (Å²) in [7, 11) is 1.27. The van der Waals surface area contributed by atoms with Crippen molar-refractivity contribution < 1.29 is 47.6 Å². The molecule has 6 atom stereocenters. The molecule has 2 rings (SSSR count). The molecule has 11 nitrogen and oxygen atoms in total. The van der Waals surface area contributed by atoms with Crippen LogP contribution in [0, 0.1) is 5.92 Å². The number of nitrogens with one attached hydrogen (secondary N) is 1. The highest BCUT2D eigenvalue weighted by molar-refractivity contribution is 5.71. The van der Waals surface area contributed by atoms with Crippen molar-refractivity contribution >= 4 is 23.9 Å². The summed E-state index contributed by atoms with van der Waals surface area (Å²) >= 11 is 0. The van der Waals surface area contributed by atoms with Crippen LogP contribution in [0.4, 0.5) is 0 Å². The minimum Gasteiger partial charge on any atom is -0.469 e. The molecule has 194 valence electrons. The van der Waals surface area contributed by atoms with Crippen molar-refractivity contribution in [2.75, 3.05) is 20.3 Å². The molecule has 1 N–H and O–H groups in total. The molecule has 0 aliphatic carbocycles. The number of ether oxygens (including phenoxy) is 6. The molecule has 35 heavy (non-hydrogen) atoms. The Bertz CT molecular complexity index is 861. The van der Waals surface area contributed by atoms with Crippen molar-refractivity contribution in [1.82, 2.24) is 5.32 Å². The first-order valence-corrected chi connectivity index (χ1v) is 11.2. The summed E-state index contributed by atoms with van der Waals surface area (Å²) in [5.41, 5.74) is 0.932. The zero-order valence-corrected chi connectivity index (χ0v) is 20.6. The summed E-state index contributed by atoms with van der Waals surface area (Å²) in [6.07, 6.45) is -4.20. The van der Waals surface area contributed by atoms with Crippen LogP contribution < -0.4 is 5.32 Å². The van der Waals surface area contributed by atoms with E-state index in [2.05, 4.69) is 5.32 Å². The van der Waals surface area contributed by atoms with Crippen molar-refractivity contribution in [2.24, 2.45) is 5.92 Å². The topological polar surface area (TPSA) is 136 Å². The summed E-state index contributed by atoms with van der Waals surface area (Å²) in [5.74, 6) is -2.90. The highest BCUT2D eigenvalue weighted by atomic mass is 16.7. The maximum absolute atomic E-state index is 12.0. The second-order valence-electron chi connectivity index (χ2n) is 8.14. The lowest BCUT2D eigenvalue weighted by molar-refractivity contribution is -0.280. The van der Waals surface area contributed by atoms with E-state index in [4.69, 9.17) is 28.4 Å². The first-order chi connectivity index (χ1) is 16.6. The summed E-state index contributed by atoms with van der Waals surface area (Å²) in [6, 6.07) is 8.63. The van der Waals surface area contributed by atoms with Crippen LogP contribution in [-0.2, 0) is 54.1 Å². The summed E-state index contributed by atoms with van der Waals surface area (Å²) in [4.78, 5) is 47.2. The third-order valence-corrected chi connectivity index (χ3v) is 5.20. The van der Waals surface area contributed by atoms with E-state index in [9.17, 15) is 19.2 Å². The molecule has 1 heterocycles. The van der Waals surface area contributed by atoms with Crippen LogP contribution in [0.5, 0.6) is 0 Å². The van der Waals surface area contributed by atoms with E-state index in [1.807, 2.05) is 30.3 Å². The van der Waals surface area contributed by atoms with Gasteiger partial charge in [-0.1, -0.05) is 30.3 Å². The number of methoxy groups -OCH3 is 1. The van der Waals surface area contributed by atoms with Gasteiger partial charge in [-0.2, -0.15) is 0 Å². The minimum absolute atomic E-state index is 0.0633. The molecule has 0 spiro atoms. The fourth-order valence-corrected chi connectivity index (χ4v) is 3.60. The smallest absolute Gasteiger partial charge is 0.310 e. The molecule has 1 saturated heterocycles. The van der Waals surface area contributed by atoms with E-state index < -0.39 is 60.4 Å². The second-order valence-corrected chi connectivity index (χ2v) is 8.14. The van der Waals surface area contributed by atoms with Crippen LogP contribution in [0.25, 0.3) is 0 Å². The van der Waals surface area contributed by atoms with Gasteiger partial charge in [0.15, 0.2) is 18.5 Å². The number of rotatable bonds is 11. The molecule has 1 aliphatic rings. The van der Waals surface area contributed by atoms with Crippen molar-refractivity contribution in [3.05, 3.63) is 35.9 Å². The van der Waals surface area contributed by atoms with E-state index >= 15 is 0 Å². The number of carbonyl (C=O) groups excluding carboxylic acids is 4. The highest BCUT2D eigenvalue weighted by Gasteiger charge is 2.50. The van der Waals surface area contributed by atoms with Crippen LogP contribution >= 0.6 is 0 Å². The molecule has 0 aromatic heterocycles. The number of carbonyl (C=O) groups is 4. The number of hydrogen-bond acceptors (Lipinski definition) is 11. The molecule has 1 aromatic rings. The van der Waals surface area contributed by atoms with Gasteiger partial charge < -0.3 is 33.7 Å². The van der Waals surface area contributed by atoms with Gasteiger partial charge in [0.1, 0.15) is 12.7 Å². The average molecular weight is 496 g/mol. The Hall–Kier alpha value is -3.02. The van der Waals surface area contributed by atoms with E-state index in [1.165, 1.54) is 27.9 Å². The van der Waals surface area contributed by atoms with E-state index in [0.717, 1.165) is 5.56 Å². The quantitative estimate of drug-likeness (QED) is 0.349. The molecule has 1 aliphatic heterocycles. The standard InChI is InChI=1S/C24H33NO10/c1-14(23(29)30-5)12-32-24-20(25-11-18-9-7-6-8-10-18)22(34-17(4)28)21(33-16(3)27)19(35-24)13-31-15(2)26/h6-10,14,19-22,24-25H,11-13H2,1-5H3/t14-,19+,20+,21+,22+,24+/m0/s1. The van der Waals surface area contributed by atoms with E-state index in [0.29, 0.717) is 6.54 Å².